The fraction of sp³-hybridized carbons (Fsp3) is 0.533. The van der Waals surface area contributed by atoms with E-state index >= 15 is 0 Å². The summed E-state index contributed by atoms with van der Waals surface area (Å²) in [5.41, 5.74) is 0.549. The topological polar surface area (TPSA) is 54.5 Å². The molecule has 1 saturated heterocycles. The Labute approximate surface area is 134 Å². The minimum absolute atomic E-state index is 0.0178. The van der Waals surface area contributed by atoms with Gasteiger partial charge in [0.15, 0.2) is 9.84 Å². The van der Waals surface area contributed by atoms with Gasteiger partial charge in [-0.2, -0.15) is 0 Å². The van der Waals surface area contributed by atoms with E-state index in [1.165, 1.54) is 12.1 Å². The first-order valence-electron chi connectivity index (χ1n) is 7.02. The van der Waals surface area contributed by atoms with Gasteiger partial charge in [0.25, 0.3) is 5.91 Å². The summed E-state index contributed by atoms with van der Waals surface area (Å²) in [5.74, 6) is 0.595. The molecule has 1 aromatic carbocycles. The third kappa shape index (κ3) is 4.07. The third-order valence-corrected chi connectivity index (χ3v) is 5.88. The number of alkyl halides is 1. The van der Waals surface area contributed by atoms with Gasteiger partial charge in [-0.15, -0.1) is 0 Å². The molecule has 1 aliphatic rings. The van der Waals surface area contributed by atoms with E-state index in [2.05, 4.69) is 22.9 Å². The van der Waals surface area contributed by atoms with Crippen LogP contribution in [0.1, 0.15) is 30.1 Å². The van der Waals surface area contributed by atoms with E-state index in [0.717, 1.165) is 32.2 Å². The van der Waals surface area contributed by atoms with Crippen molar-refractivity contribution in [3.05, 3.63) is 29.8 Å². The highest BCUT2D eigenvalue weighted by atomic mass is 79.9. The van der Waals surface area contributed by atoms with E-state index < -0.39 is 9.84 Å². The van der Waals surface area contributed by atoms with Crippen molar-refractivity contribution >= 4 is 31.7 Å². The number of piperidine rings is 1. The number of sulfone groups is 1. The smallest absolute Gasteiger partial charge is 0.253 e. The van der Waals surface area contributed by atoms with Gasteiger partial charge in [-0.3, -0.25) is 4.79 Å². The van der Waals surface area contributed by atoms with Crippen LogP contribution in [0.25, 0.3) is 0 Å². The first-order chi connectivity index (χ1) is 9.79. The molecule has 0 bridgehead atoms. The Morgan fingerprint density at radius 1 is 1.24 bits per heavy atom. The molecule has 1 atom stereocenters. The molecule has 6 heteroatoms. The normalized spacial score (nSPS) is 18.5. The molecule has 1 fully saturated rings. The van der Waals surface area contributed by atoms with Gasteiger partial charge in [-0.1, -0.05) is 22.9 Å². The number of hydrogen-bond acceptors (Lipinski definition) is 3. The number of hydrogen-bond donors (Lipinski definition) is 0. The summed E-state index contributed by atoms with van der Waals surface area (Å²) in [6.07, 6.45) is 3.16. The van der Waals surface area contributed by atoms with Crippen molar-refractivity contribution in [3.8, 4) is 0 Å². The summed E-state index contributed by atoms with van der Waals surface area (Å²) in [5, 5.41) is 0. The molecule has 1 aromatic rings. The molecule has 1 aliphatic heterocycles. The summed E-state index contributed by atoms with van der Waals surface area (Å²) in [6.45, 7) is 3.66. The van der Waals surface area contributed by atoms with Gasteiger partial charge in [0, 0.05) is 29.7 Å². The lowest BCUT2D eigenvalue weighted by molar-refractivity contribution is 0.0691. The lowest BCUT2D eigenvalue weighted by Gasteiger charge is -2.33. The van der Waals surface area contributed by atoms with Crippen molar-refractivity contribution in [2.24, 2.45) is 5.92 Å². The Morgan fingerprint density at radius 3 is 2.19 bits per heavy atom. The molecule has 21 heavy (non-hydrogen) atoms. The Kier molecular flexibility index (Phi) is 5.09. The van der Waals surface area contributed by atoms with E-state index in [9.17, 15) is 13.2 Å². The molecular formula is C15H20BrNO3S. The zero-order valence-corrected chi connectivity index (χ0v) is 14.7. The SMILES string of the molecule is CC(Br)C1CCN(C(=O)c2ccc(S(C)(=O)=O)cc2)CC1. The molecule has 0 aromatic heterocycles. The number of carbonyl (C=O) groups excluding carboxylic acids is 1. The minimum Gasteiger partial charge on any atom is -0.339 e. The van der Waals surface area contributed by atoms with Crippen LogP contribution in [0.5, 0.6) is 0 Å². The van der Waals surface area contributed by atoms with Crippen LogP contribution in [0.15, 0.2) is 29.2 Å². The predicted molar refractivity (Wildman–Crippen MR) is 86.6 cm³/mol. The van der Waals surface area contributed by atoms with E-state index in [0.29, 0.717) is 16.3 Å². The fourth-order valence-electron chi connectivity index (χ4n) is 2.59. The number of halogens is 1. The standard InChI is InChI=1S/C15H20BrNO3S/c1-11(16)12-7-9-17(10-8-12)15(18)13-3-5-14(6-4-13)21(2,19)20/h3-6,11-12H,7-10H2,1-2H3. The third-order valence-electron chi connectivity index (χ3n) is 4.01. The lowest BCUT2D eigenvalue weighted by Crippen LogP contribution is -2.39. The van der Waals surface area contributed by atoms with Gasteiger partial charge in [0.05, 0.1) is 4.90 Å². The molecule has 4 nitrogen and oxygen atoms in total. The van der Waals surface area contributed by atoms with Crippen LogP contribution < -0.4 is 0 Å². The van der Waals surface area contributed by atoms with E-state index in [-0.39, 0.29) is 10.8 Å². The maximum atomic E-state index is 12.4. The monoisotopic (exact) mass is 373 g/mol. The van der Waals surface area contributed by atoms with E-state index in [4.69, 9.17) is 0 Å². The molecule has 0 N–H and O–H groups in total. The van der Waals surface area contributed by atoms with Gasteiger partial charge >= 0.3 is 0 Å². The van der Waals surface area contributed by atoms with Crippen LogP contribution in [0.4, 0.5) is 0 Å². The zero-order valence-electron chi connectivity index (χ0n) is 12.3. The molecule has 0 radical (unpaired) electrons. The van der Waals surface area contributed by atoms with Crippen molar-refractivity contribution in [2.45, 2.75) is 29.5 Å². The predicted octanol–water partition coefficient (Wildman–Crippen LogP) is 2.73. The zero-order chi connectivity index (χ0) is 15.6. The highest BCUT2D eigenvalue weighted by Gasteiger charge is 2.25. The number of nitrogens with zero attached hydrogens (tertiary/aromatic N) is 1. The van der Waals surface area contributed by atoms with Gasteiger partial charge in [0.2, 0.25) is 0 Å². The molecule has 116 valence electrons. The van der Waals surface area contributed by atoms with Gasteiger partial charge < -0.3 is 4.90 Å². The van der Waals surface area contributed by atoms with Gasteiger partial charge in [0.1, 0.15) is 0 Å². The van der Waals surface area contributed by atoms with Crippen LogP contribution in [0.2, 0.25) is 0 Å². The largest absolute Gasteiger partial charge is 0.339 e. The first kappa shape index (κ1) is 16.5. The van der Waals surface area contributed by atoms with Crippen molar-refractivity contribution in [1.29, 1.82) is 0 Å². The molecule has 1 unspecified atom stereocenters. The van der Waals surface area contributed by atoms with E-state index in [1.807, 2.05) is 4.90 Å². The van der Waals surface area contributed by atoms with E-state index in [1.54, 1.807) is 12.1 Å². The Bertz CT molecular complexity index is 602. The first-order valence-corrected chi connectivity index (χ1v) is 9.83. The quantitative estimate of drug-likeness (QED) is 0.765. The Morgan fingerprint density at radius 2 is 1.76 bits per heavy atom. The number of benzene rings is 1. The highest BCUT2D eigenvalue weighted by molar-refractivity contribution is 9.09. The van der Waals surface area contributed by atoms with Gasteiger partial charge in [-0.25, -0.2) is 8.42 Å². The molecule has 1 amide bonds. The molecule has 0 saturated carbocycles. The second kappa shape index (κ2) is 6.48. The highest BCUT2D eigenvalue weighted by Crippen LogP contribution is 2.26. The number of amides is 1. The summed E-state index contributed by atoms with van der Waals surface area (Å²) >= 11 is 3.60. The summed E-state index contributed by atoms with van der Waals surface area (Å²) < 4.78 is 22.8. The maximum absolute atomic E-state index is 12.4. The molecule has 2 rings (SSSR count). The van der Waals surface area contributed by atoms with Crippen LogP contribution in [-0.2, 0) is 9.84 Å². The van der Waals surface area contributed by atoms with Crippen LogP contribution >= 0.6 is 15.9 Å². The van der Waals surface area contributed by atoms with Gasteiger partial charge in [-0.05, 0) is 43.0 Å². The minimum atomic E-state index is -3.22. The second-order valence-electron chi connectivity index (χ2n) is 5.60. The lowest BCUT2D eigenvalue weighted by atomic mass is 9.94. The molecule has 0 spiro atoms. The molecular weight excluding hydrogens is 354 g/mol. The summed E-state index contributed by atoms with van der Waals surface area (Å²) in [6, 6.07) is 6.18. The maximum Gasteiger partial charge on any atom is 0.253 e. The second-order valence-corrected chi connectivity index (χ2v) is 9.06. The van der Waals surface area contributed by atoms with Crippen molar-refractivity contribution < 1.29 is 13.2 Å². The number of rotatable bonds is 3. The fourth-order valence-corrected chi connectivity index (χ4v) is 3.75. The van der Waals surface area contributed by atoms with Crippen molar-refractivity contribution in [3.63, 3.8) is 0 Å². The summed E-state index contributed by atoms with van der Waals surface area (Å²) in [4.78, 5) is 15.0. The number of likely N-dealkylation sites (tertiary alicyclic amines) is 1. The van der Waals surface area contributed by atoms with Crippen LogP contribution in [0.3, 0.4) is 0 Å². The Hall–Kier alpha value is -0.880. The number of carbonyl (C=O) groups is 1. The summed E-state index contributed by atoms with van der Waals surface area (Å²) in [7, 11) is -3.22. The van der Waals surface area contributed by atoms with Crippen LogP contribution in [0, 0.1) is 5.92 Å². The molecule has 1 heterocycles. The van der Waals surface area contributed by atoms with Crippen LogP contribution in [-0.4, -0.2) is 43.4 Å². The van der Waals surface area contributed by atoms with Crippen molar-refractivity contribution in [1.82, 2.24) is 4.90 Å². The molecule has 0 aliphatic carbocycles. The Balaban J connectivity index is 2.04. The average molecular weight is 374 g/mol. The average Bonchev–Trinajstić information content (AvgIpc) is 2.46. The van der Waals surface area contributed by atoms with Crippen molar-refractivity contribution in [2.75, 3.05) is 19.3 Å².